The molecule has 1 aliphatic heterocycles. The van der Waals surface area contributed by atoms with Gasteiger partial charge in [-0.05, 0) is 48.4 Å². The van der Waals surface area contributed by atoms with Crippen LogP contribution in [-0.4, -0.2) is 21.5 Å². The van der Waals surface area contributed by atoms with Gasteiger partial charge in [0.2, 0.25) is 10.0 Å². The van der Waals surface area contributed by atoms with Gasteiger partial charge >= 0.3 is 0 Å². The quantitative estimate of drug-likeness (QED) is 0.884. The van der Waals surface area contributed by atoms with Crippen molar-refractivity contribution >= 4 is 22.4 Å². The molecule has 23 heavy (non-hydrogen) atoms. The SMILES string of the molecule is Cl.O=S(=O)(NCC1NCCc2ccccc21)c1ccc(F)cc1. The zero-order valence-corrected chi connectivity index (χ0v) is 14.0. The van der Waals surface area contributed by atoms with E-state index in [-0.39, 0.29) is 29.9 Å². The molecule has 1 atom stereocenters. The summed E-state index contributed by atoms with van der Waals surface area (Å²) in [6, 6.07) is 12.8. The number of rotatable bonds is 4. The summed E-state index contributed by atoms with van der Waals surface area (Å²) in [7, 11) is -3.64. The van der Waals surface area contributed by atoms with Gasteiger partial charge in [-0.25, -0.2) is 17.5 Å². The summed E-state index contributed by atoms with van der Waals surface area (Å²) in [5.74, 6) is -0.457. The molecule has 7 heteroatoms. The van der Waals surface area contributed by atoms with Crippen LogP contribution in [0.4, 0.5) is 4.39 Å². The maximum atomic E-state index is 12.9. The van der Waals surface area contributed by atoms with Gasteiger partial charge < -0.3 is 5.32 Å². The Morgan fingerprint density at radius 3 is 2.57 bits per heavy atom. The van der Waals surface area contributed by atoms with Crippen molar-refractivity contribution in [2.45, 2.75) is 17.4 Å². The van der Waals surface area contributed by atoms with Gasteiger partial charge in [-0.1, -0.05) is 24.3 Å². The Morgan fingerprint density at radius 2 is 1.83 bits per heavy atom. The smallest absolute Gasteiger partial charge is 0.240 e. The minimum Gasteiger partial charge on any atom is -0.308 e. The van der Waals surface area contributed by atoms with Crippen LogP contribution in [0.3, 0.4) is 0 Å². The fourth-order valence-corrected chi connectivity index (χ4v) is 3.71. The van der Waals surface area contributed by atoms with Crippen molar-refractivity contribution in [3.63, 3.8) is 0 Å². The number of hydrogen-bond donors (Lipinski definition) is 2. The van der Waals surface area contributed by atoms with Crippen LogP contribution in [0.1, 0.15) is 17.2 Å². The Bertz CT molecular complexity index is 766. The van der Waals surface area contributed by atoms with E-state index in [1.165, 1.54) is 17.7 Å². The number of fused-ring (bicyclic) bond motifs is 1. The Morgan fingerprint density at radius 1 is 1.13 bits per heavy atom. The van der Waals surface area contributed by atoms with E-state index in [9.17, 15) is 12.8 Å². The van der Waals surface area contributed by atoms with Crippen LogP contribution in [-0.2, 0) is 16.4 Å². The molecule has 2 aromatic rings. The second-order valence-corrected chi connectivity index (χ2v) is 7.03. The van der Waals surface area contributed by atoms with Crippen molar-refractivity contribution in [1.29, 1.82) is 0 Å². The van der Waals surface area contributed by atoms with Crippen LogP contribution in [0, 0.1) is 5.82 Å². The molecular formula is C16H18ClFN2O2S. The van der Waals surface area contributed by atoms with Crippen LogP contribution < -0.4 is 10.0 Å². The number of nitrogens with one attached hydrogen (secondary N) is 2. The molecule has 0 saturated heterocycles. The summed E-state index contributed by atoms with van der Waals surface area (Å²) >= 11 is 0. The largest absolute Gasteiger partial charge is 0.308 e. The first kappa shape index (κ1) is 17.9. The summed E-state index contributed by atoms with van der Waals surface area (Å²) in [5.41, 5.74) is 2.36. The molecule has 0 amide bonds. The first-order valence-corrected chi connectivity index (χ1v) is 8.61. The molecule has 124 valence electrons. The predicted molar refractivity (Wildman–Crippen MR) is 89.7 cm³/mol. The lowest BCUT2D eigenvalue weighted by atomic mass is 9.95. The fraction of sp³-hybridized carbons (Fsp3) is 0.250. The van der Waals surface area contributed by atoms with E-state index in [0.717, 1.165) is 30.7 Å². The second-order valence-electron chi connectivity index (χ2n) is 5.26. The highest BCUT2D eigenvalue weighted by Gasteiger charge is 2.22. The topological polar surface area (TPSA) is 58.2 Å². The zero-order valence-electron chi connectivity index (χ0n) is 12.3. The molecule has 1 heterocycles. The van der Waals surface area contributed by atoms with Crippen LogP contribution in [0.15, 0.2) is 53.4 Å². The van der Waals surface area contributed by atoms with E-state index in [0.29, 0.717) is 0 Å². The molecule has 0 fully saturated rings. The van der Waals surface area contributed by atoms with Crippen LogP contribution in [0.25, 0.3) is 0 Å². The minimum absolute atomic E-state index is 0. The lowest BCUT2D eigenvalue weighted by Crippen LogP contribution is -2.38. The Hall–Kier alpha value is -1.47. The molecule has 0 radical (unpaired) electrons. The number of sulfonamides is 1. The molecule has 0 aromatic heterocycles. The van der Waals surface area contributed by atoms with Gasteiger partial charge in [-0.3, -0.25) is 0 Å². The summed E-state index contributed by atoms with van der Waals surface area (Å²) in [6.07, 6.45) is 0.942. The van der Waals surface area contributed by atoms with Gasteiger partial charge in [0.1, 0.15) is 5.82 Å². The molecule has 2 N–H and O–H groups in total. The highest BCUT2D eigenvalue weighted by Crippen LogP contribution is 2.22. The van der Waals surface area contributed by atoms with Crippen molar-refractivity contribution in [2.24, 2.45) is 0 Å². The van der Waals surface area contributed by atoms with Gasteiger partial charge in [-0.15, -0.1) is 12.4 Å². The van der Waals surface area contributed by atoms with E-state index in [4.69, 9.17) is 0 Å². The molecule has 3 rings (SSSR count). The monoisotopic (exact) mass is 356 g/mol. The third-order valence-electron chi connectivity index (χ3n) is 3.82. The van der Waals surface area contributed by atoms with Crippen LogP contribution in [0.5, 0.6) is 0 Å². The van der Waals surface area contributed by atoms with Gasteiger partial charge in [0.15, 0.2) is 0 Å². The number of benzene rings is 2. The van der Waals surface area contributed by atoms with Crippen molar-refractivity contribution in [3.8, 4) is 0 Å². The van der Waals surface area contributed by atoms with Crippen LogP contribution in [0.2, 0.25) is 0 Å². The first-order valence-electron chi connectivity index (χ1n) is 7.13. The minimum atomic E-state index is -3.64. The first-order chi connectivity index (χ1) is 10.6. The van der Waals surface area contributed by atoms with Gasteiger partial charge in [0.05, 0.1) is 4.90 Å². The summed E-state index contributed by atoms with van der Waals surface area (Å²) in [5, 5.41) is 3.32. The Kier molecular flexibility index (Phi) is 5.75. The van der Waals surface area contributed by atoms with Crippen molar-refractivity contribution in [3.05, 3.63) is 65.5 Å². The molecule has 1 aliphatic rings. The van der Waals surface area contributed by atoms with Crippen LogP contribution >= 0.6 is 12.4 Å². The third-order valence-corrected chi connectivity index (χ3v) is 5.26. The zero-order chi connectivity index (χ0) is 15.6. The van der Waals surface area contributed by atoms with Crippen molar-refractivity contribution in [1.82, 2.24) is 10.0 Å². The Balaban J connectivity index is 0.00000192. The second kappa shape index (κ2) is 7.40. The molecule has 1 unspecified atom stereocenters. The maximum Gasteiger partial charge on any atom is 0.240 e. The lowest BCUT2D eigenvalue weighted by molar-refractivity contribution is 0.491. The highest BCUT2D eigenvalue weighted by molar-refractivity contribution is 7.89. The summed E-state index contributed by atoms with van der Waals surface area (Å²) in [6.45, 7) is 1.08. The van der Waals surface area contributed by atoms with Crippen molar-refractivity contribution < 1.29 is 12.8 Å². The van der Waals surface area contributed by atoms with E-state index >= 15 is 0 Å². The molecule has 2 aromatic carbocycles. The molecule has 0 saturated carbocycles. The summed E-state index contributed by atoms with van der Waals surface area (Å²) < 4.78 is 40.0. The number of halogens is 2. The van der Waals surface area contributed by atoms with Gasteiger partial charge in [0, 0.05) is 12.6 Å². The third kappa shape index (κ3) is 4.09. The fourth-order valence-electron chi connectivity index (χ4n) is 2.67. The van der Waals surface area contributed by atoms with Gasteiger partial charge in [0.25, 0.3) is 0 Å². The molecular weight excluding hydrogens is 339 g/mol. The van der Waals surface area contributed by atoms with Gasteiger partial charge in [-0.2, -0.15) is 0 Å². The average molecular weight is 357 g/mol. The van der Waals surface area contributed by atoms with E-state index < -0.39 is 15.8 Å². The average Bonchev–Trinajstić information content (AvgIpc) is 2.53. The highest BCUT2D eigenvalue weighted by atomic mass is 35.5. The lowest BCUT2D eigenvalue weighted by Gasteiger charge is -2.27. The van der Waals surface area contributed by atoms with E-state index in [1.54, 1.807) is 0 Å². The molecule has 0 aliphatic carbocycles. The predicted octanol–water partition coefficient (Wildman–Crippen LogP) is 2.41. The van der Waals surface area contributed by atoms with Crippen molar-refractivity contribution in [2.75, 3.05) is 13.1 Å². The maximum absolute atomic E-state index is 12.9. The van der Waals surface area contributed by atoms with E-state index in [1.807, 2.05) is 18.2 Å². The number of hydrogen-bond acceptors (Lipinski definition) is 3. The molecule has 0 spiro atoms. The standard InChI is InChI=1S/C16H17FN2O2S.ClH/c17-13-5-7-14(8-6-13)22(20,21)19-11-16-15-4-2-1-3-12(15)9-10-18-16;/h1-8,16,18-19H,9-11H2;1H. The summed E-state index contributed by atoms with van der Waals surface area (Å²) in [4.78, 5) is 0.0676. The normalized spacial score (nSPS) is 17.2. The Labute approximate surface area is 141 Å². The molecule has 0 bridgehead atoms. The molecule has 4 nitrogen and oxygen atoms in total. The van der Waals surface area contributed by atoms with E-state index in [2.05, 4.69) is 16.1 Å².